The summed E-state index contributed by atoms with van der Waals surface area (Å²) in [5, 5.41) is 0. The highest BCUT2D eigenvalue weighted by molar-refractivity contribution is 4.96. The minimum atomic E-state index is 1.02. The van der Waals surface area contributed by atoms with E-state index >= 15 is 0 Å². The standard InChI is InChI=1S/C10H18.C2H6/c1-6-4-7(2)10-5-9(6)8(10)3;1-2/h6-10H,4-5H2,1-3H3;1-2H3. The van der Waals surface area contributed by atoms with Crippen molar-refractivity contribution in [3.63, 3.8) is 0 Å². The van der Waals surface area contributed by atoms with E-state index in [0.717, 1.165) is 29.6 Å². The van der Waals surface area contributed by atoms with Crippen molar-refractivity contribution in [3.8, 4) is 0 Å². The zero-order valence-corrected chi connectivity index (χ0v) is 9.30. The Morgan fingerprint density at radius 2 is 1.17 bits per heavy atom. The van der Waals surface area contributed by atoms with Crippen molar-refractivity contribution in [2.75, 3.05) is 0 Å². The Labute approximate surface area is 77.7 Å². The quantitative estimate of drug-likeness (QED) is 0.513. The fourth-order valence-corrected chi connectivity index (χ4v) is 3.30. The van der Waals surface area contributed by atoms with E-state index in [1.165, 1.54) is 6.42 Å². The Balaban J connectivity index is 0.000000336. The summed E-state index contributed by atoms with van der Waals surface area (Å²) in [5.74, 6) is 5.30. The molecule has 0 heterocycles. The highest BCUT2D eigenvalue weighted by Gasteiger charge is 2.47. The SMILES string of the molecule is CC.CC1CC(C)C2CC1C2C. The van der Waals surface area contributed by atoms with Gasteiger partial charge in [0.1, 0.15) is 0 Å². The number of fused-ring (bicyclic) bond motifs is 2. The van der Waals surface area contributed by atoms with Crippen LogP contribution in [0.15, 0.2) is 0 Å². The molecule has 0 radical (unpaired) electrons. The van der Waals surface area contributed by atoms with Gasteiger partial charge in [0.25, 0.3) is 0 Å². The van der Waals surface area contributed by atoms with Gasteiger partial charge in [-0.1, -0.05) is 34.6 Å². The molecule has 72 valence electrons. The normalized spacial score (nSPS) is 50.2. The number of hydrogen-bond donors (Lipinski definition) is 0. The average Bonchev–Trinajstić information content (AvgIpc) is 2.04. The third kappa shape index (κ3) is 1.41. The lowest BCUT2D eigenvalue weighted by molar-refractivity contribution is -0.0564. The maximum absolute atomic E-state index is 2.45. The maximum atomic E-state index is 2.45. The van der Waals surface area contributed by atoms with Crippen LogP contribution in [0.3, 0.4) is 0 Å². The van der Waals surface area contributed by atoms with E-state index in [1.54, 1.807) is 6.42 Å². The topological polar surface area (TPSA) is 0 Å². The molecule has 3 rings (SSSR count). The molecular weight excluding hydrogens is 144 g/mol. The van der Waals surface area contributed by atoms with Gasteiger partial charge in [0.05, 0.1) is 0 Å². The highest BCUT2D eigenvalue weighted by atomic mass is 14.5. The summed E-state index contributed by atoms with van der Waals surface area (Å²) in [6.07, 6.45) is 3.04. The third-order valence-corrected chi connectivity index (χ3v) is 4.10. The Bertz CT molecular complexity index is 117. The molecule has 0 heteroatoms. The summed E-state index contributed by atoms with van der Waals surface area (Å²) >= 11 is 0. The Kier molecular flexibility index (Phi) is 3.20. The van der Waals surface area contributed by atoms with Gasteiger partial charge in [0, 0.05) is 0 Å². The fourth-order valence-electron chi connectivity index (χ4n) is 3.30. The van der Waals surface area contributed by atoms with Crippen LogP contribution in [0.1, 0.15) is 47.5 Å². The first-order valence-electron chi connectivity index (χ1n) is 5.70. The largest absolute Gasteiger partial charge is 0.0683 e. The van der Waals surface area contributed by atoms with E-state index in [1.807, 2.05) is 13.8 Å². The van der Waals surface area contributed by atoms with Crippen LogP contribution in [0.5, 0.6) is 0 Å². The zero-order valence-electron chi connectivity index (χ0n) is 9.30. The minimum absolute atomic E-state index is 1.02. The van der Waals surface area contributed by atoms with E-state index in [-0.39, 0.29) is 0 Å². The molecule has 4 unspecified atom stereocenters. The molecule has 0 nitrogen and oxygen atoms in total. The van der Waals surface area contributed by atoms with Crippen LogP contribution in [0, 0.1) is 29.6 Å². The van der Waals surface area contributed by atoms with Crippen LogP contribution < -0.4 is 0 Å². The average molecular weight is 168 g/mol. The molecule has 3 aliphatic carbocycles. The second-order valence-corrected chi connectivity index (χ2v) is 4.61. The zero-order chi connectivity index (χ0) is 9.30. The summed E-state index contributed by atoms with van der Waals surface area (Å²) in [4.78, 5) is 0. The molecular formula is C12H24. The van der Waals surface area contributed by atoms with Gasteiger partial charge in [-0.2, -0.15) is 0 Å². The van der Waals surface area contributed by atoms with Crippen molar-refractivity contribution in [3.05, 3.63) is 0 Å². The van der Waals surface area contributed by atoms with E-state index in [0.29, 0.717) is 0 Å². The van der Waals surface area contributed by atoms with Gasteiger partial charge in [-0.15, -0.1) is 0 Å². The van der Waals surface area contributed by atoms with Crippen molar-refractivity contribution in [2.45, 2.75) is 47.5 Å². The van der Waals surface area contributed by atoms with Gasteiger partial charge in [0.2, 0.25) is 0 Å². The third-order valence-electron chi connectivity index (χ3n) is 4.10. The van der Waals surface area contributed by atoms with Crippen molar-refractivity contribution in [1.82, 2.24) is 0 Å². The lowest BCUT2D eigenvalue weighted by Gasteiger charge is -2.55. The Morgan fingerprint density at radius 1 is 0.750 bits per heavy atom. The number of rotatable bonds is 0. The first kappa shape index (κ1) is 10.1. The van der Waals surface area contributed by atoms with E-state index < -0.39 is 0 Å². The lowest BCUT2D eigenvalue weighted by Crippen LogP contribution is -2.47. The van der Waals surface area contributed by atoms with Crippen molar-refractivity contribution >= 4 is 0 Å². The van der Waals surface area contributed by atoms with Crippen molar-refractivity contribution in [2.24, 2.45) is 29.6 Å². The van der Waals surface area contributed by atoms with Crippen molar-refractivity contribution in [1.29, 1.82) is 0 Å². The van der Waals surface area contributed by atoms with E-state index in [9.17, 15) is 0 Å². The first-order chi connectivity index (χ1) is 5.70. The van der Waals surface area contributed by atoms with Crippen LogP contribution in [-0.4, -0.2) is 0 Å². The van der Waals surface area contributed by atoms with Gasteiger partial charge < -0.3 is 0 Å². The summed E-state index contributed by atoms with van der Waals surface area (Å²) in [6, 6.07) is 0. The molecule has 3 fully saturated rings. The molecule has 4 atom stereocenters. The molecule has 0 aromatic heterocycles. The maximum Gasteiger partial charge on any atom is -0.0357 e. The molecule has 3 aliphatic rings. The second kappa shape index (κ2) is 3.81. The van der Waals surface area contributed by atoms with Crippen LogP contribution in [0.25, 0.3) is 0 Å². The molecule has 12 heavy (non-hydrogen) atoms. The minimum Gasteiger partial charge on any atom is -0.0683 e. The number of hydrogen-bond acceptors (Lipinski definition) is 0. The van der Waals surface area contributed by atoms with Crippen LogP contribution in [0.4, 0.5) is 0 Å². The van der Waals surface area contributed by atoms with Crippen LogP contribution in [-0.2, 0) is 0 Å². The Hall–Kier alpha value is 0. The van der Waals surface area contributed by atoms with Gasteiger partial charge in [0.15, 0.2) is 0 Å². The highest BCUT2D eigenvalue weighted by Crippen LogP contribution is 2.55. The summed E-state index contributed by atoms with van der Waals surface area (Å²) < 4.78 is 0. The molecule has 0 N–H and O–H groups in total. The molecule has 2 bridgehead atoms. The summed E-state index contributed by atoms with van der Waals surface area (Å²) in [5.41, 5.74) is 0. The lowest BCUT2D eigenvalue weighted by atomic mass is 9.50. The molecule has 3 saturated carbocycles. The molecule has 0 spiro atoms. The van der Waals surface area contributed by atoms with Gasteiger partial charge in [-0.05, 0) is 42.4 Å². The predicted molar refractivity (Wildman–Crippen MR) is 55.1 cm³/mol. The summed E-state index contributed by atoms with van der Waals surface area (Å²) in [6.45, 7) is 11.3. The Morgan fingerprint density at radius 3 is 1.42 bits per heavy atom. The monoisotopic (exact) mass is 168 g/mol. The van der Waals surface area contributed by atoms with Crippen molar-refractivity contribution < 1.29 is 0 Å². The summed E-state index contributed by atoms with van der Waals surface area (Å²) in [7, 11) is 0. The van der Waals surface area contributed by atoms with E-state index in [4.69, 9.17) is 0 Å². The molecule has 0 aromatic rings. The predicted octanol–water partition coefficient (Wildman–Crippen LogP) is 3.96. The van der Waals surface area contributed by atoms with Gasteiger partial charge in [-0.25, -0.2) is 0 Å². The fraction of sp³-hybridized carbons (Fsp3) is 1.00. The smallest absolute Gasteiger partial charge is 0.0357 e. The first-order valence-corrected chi connectivity index (χ1v) is 5.70. The van der Waals surface area contributed by atoms with Crippen LogP contribution >= 0.6 is 0 Å². The van der Waals surface area contributed by atoms with Crippen LogP contribution in [0.2, 0.25) is 0 Å². The molecule has 0 aliphatic heterocycles. The second-order valence-electron chi connectivity index (χ2n) is 4.61. The molecule has 0 saturated heterocycles. The van der Waals surface area contributed by atoms with Gasteiger partial charge >= 0.3 is 0 Å². The van der Waals surface area contributed by atoms with E-state index in [2.05, 4.69) is 20.8 Å². The molecule has 0 aromatic carbocycles. The van der Waals surface area contributed by atoms with Gasteiger partial charge in [-0.3, -0.25) is 0 Å². The molecule has 0 amide bonds.